The number of nitro benzene ring substituents is 1. The molecule has 1 aliphatic carbocycles. The first-order chi connectivity index (χ1) is 11.5. The molecule has 3 rings (SSSR count). The van der Waals surface area contributed by atoms with E-state index in [1.165, 1.54) is 12.1 Å². The highest BCUT2D eigenvalue weighted by molar-refractivity contribution is 5.87. The second-order valence-corrected chi connectivity index (χ2v) is 6.42. The van der Waals surface area contributed by atoms with Gasteiger partial charge in [0.2, 0.25) is 5.91 Å². The number of nitro groups is 1. The van der Waals surface area contributed by atoms with Gasteiger partial charge in [0.25, 0.3) is 5.69 Å². The van der Waals surface area contributed by atoms with Crippen molar-refractivity contribution in [3.8, 4) is 0 Å². The van der Waals surface area contributed by atoms with Crippen LogP contribution in [0.1, 0.15) is 37.7 Å². The smallest absolute Gasteiger partial charge is 0.311 e. The number of benzene rings is 1. The molecule has 7 nitrogen and oxygen atoms in total. The van der Waals surface area contributed by atoms with Crippen molar-refractivity contribution in [2.24, 2.45) is 5.92 Å². The molecular weight excluding hydrogens is 312 g/mol. The monoisotopic (exact) mass is 332 g/mol. The second-order valence-electron chi connectivity index (χ2n) is 6.42. The minimum Gasteiger partial charge on any atom is -0.461 e. The highest BCUT2D eigenvalue weighted by Crippen LogP contribution is 2.30. The summed E-state index contributed by atoms with van der Waals surface area (Å²) in [6, 6.07) is 6.17. The molecule has 2 aliphatic rings. The van der Waals surface area contributed by atoms with E-state index in [2.05, 4.69) is 0 Å². The Balaban J connectivity index is 1.52. The number of esters is 1. The fourth-order valence-corrected chi connectivity index (χ4v) is 3.44. The number of ether oxygens (including phenoxy) is 1. The number of non-ortho nitro benzene ring substituents is 1. The van der Waals surface area contributed by atoms with Crippen LogP contribution >= 0.6 is 0 Å². The number of hydrogen-bond donors (Lipinski definition) is 0. The largest absolute Gasteiger partial charge is 0.461 e. The fraction of sp³-hybridized carbons (Fsp3) is 0.529. The lowest BCUT2D eigenvalue weighted by molar-refractivity contribution is -0.384. The molecule has 1 saturated heterocycles. The van der Waals surface area contributed by atoms with E-state index >= 15 is 0 Å². The van der Waals surface area contributed by atoms with Crippen molar-refractivity contribution in [1.82, 2.24) is 4.90 Å². The van der Waals surface area contributed by atoms with Gasteiger partial charge in [-0.2, -0.15) is 0 Å². The van der Waals surface area contributed by atoms with Gasteiger partial charge in [-0.3, -0.25) is 19.7 Å². The van der Waals surface area contributed by atoms with Crippen LogP contribution in [0.3, 0.4) is 0 Å². The number of rotatable bonds is 5. The summed E-state index contributed by atoms with van der Waals surface area (Å²) in [6.45, 7) is 0.507. The lowest BCUT2D eigenvalue weighted by atomic mass is 10.1. The summed E-state index contributed by atoms with van der Waals surface area (Å²) < 4.78 is 5.28. The van der Waals surface area contributed by atoms with Crippen molar-refractivity contribution >= 4 is 17.6 Å². The lowest BCUT2D eigenvalue weighted by Crippen LogP contribution is -2.35. The third-order valence-electron chi connectivity index (χ3n) is 4.79. The maximum absolute atomic E-state index is 12.2. The Kier molecular flexibility index (Phi) is 4.78. The van der Waals surface area contributed by atoms with Gasteiger partial charge in [0.1, 0.15) is 6.61 Å². The number of hydrogen-bond acceptors (Lipinski definition) is 5. The van der Waals surface area contributed by atoms with E-state index in [4.69, 9.17) is 4.74 Å². The molecule has 0 unspecified atom stereocenters. The van der Waals surface area contributed by atoms with Crippen LogP contribution in [0.5, 0.6) is 0 Å². The Morgan fingerprint density at radius 1 is 1.25 bits per heavy atom. The van der Waals surface area contributed by atoms with Crippen LogP contribution in [-0.4, -0.2) is 34.3 Å². The van der Waals surface area contributed by atoms with Crippen LogP contribution < -0.4 is 0 Å². The summed E-state index contributed by atoms with van der Waals surface area (Å²) in [6.07, 6.45) is 4.55. The molecule has 7 heteroatoms. The molecule has 0 aromatic heterocycles. The zero-order valence-corrected chi connectivity index (χ0v) is 13.3. The number of carbonyl (C=O) groups excluding carboxylic acids is 2. The highest BCUT2D eigenvalue weighted by Gasteiger charge is 2.39. The predicted octanol–water partition coefficient (Wildman–Crippen LogP) is 2.43. The van der Waals surface area contributed by atoms with Crippen LogP contribution in [0.25, 0.3) is 0 Å². The number of carbonyl (C=O) groups is 2. The van der Waals surface area contributed by atoms with E-state index in [9.17, 15) is 19.7 Å². The lowest BCUT2D eigenvalue weighted by Gasteiger charge is -2.23. The Morgan fingerprint density at radius 3 is 2.54 bits per heavy atom. The van der Waals surface area contributed by atoms with E-state index < -0.39 is 10.8 Å². The Morgan fingerprint density at radius 2 is 1.92 bits per heavy atom. The molecule has 1 amide bonds. The highest BCUT2D eigenvalue weighted by atomic mass is 16.6. The van der Waals surface area contributed by atoms with Gasteiger partial charge in [-0.1, -0.05) is 12.8 Å². The zero-order valence-electron chi connectivity index (χ0n) is 13.3. The molecule has 1 aromatic rings. The number of likely N-dealkylation sites (tertiary alicyclic amines) is 1. The average Bonchev–Trinajstić information content (AvgIpc) is 3.22. The summed E-state index contributed by atoms with van der Waals surface area (Å²) in [7, 11) is 0. The van der Waals surface area contributed by atoms with E-state index in [0.29, 0.717) is 12.1 Å². The molecule has 2 fully saturated rings. The maximum Gasteiger partial charge on any atom is 0.311 e. The average molecular weight is 332 g/mol. The van der Waals surface area contributed by atoms with Crippen molar-refractivity contribution in [2.45, 2.75) is 44.8 Å². The summed E-state index contributed by atoms with van der Waals surface area (Å²) >= 11 is 0. The molecule has 1 heterocycles. The van der Waals surface area contributed by atoms with E-state index in [1.807, 2.05) is 4.90 Å². The summed E-state index contributed by atoms with van der Waals surface area (Å²) in [5.41, 5.74) is 0.685. The first-order valence-electron chi connectivity index (χ1n) is 8.24. The molecule has 0 radical (unpaired) electrons. The van der Waals surface area contributed by atoms with Gasteiger partial charge in [0.15, 0.2) is 0 Å². The van der Waals surface area contributed by atoms with Gasteiger partial charge >= 0.3 is 5.97 Å². The summed E-state index contributed by atoms with van der Waals surface area (Å²) in [5.74, 6) is -0.738. The topological polar surface area (TPSA) is 89.7 Å². The van der Waals surface area contributed by atoms with Crippen molar-refractivity contribution in [1.29, 1.82) is 0 Å². The number of amides is 1. The van der Waals surface area contributed by atoms with Gasteiger partial charge < -0.3 is 9.64 Å². The maximum atomic E-state index is 12.2. The Labute approximate surface area is 139 Å². The summed E-state index contributed by atoms with van der Waals surface area (Å²) in [4.78, 5) is 36.3. The van der Waals surface area contributed by atoms with E-state index in [0.717, 1.165) is 25.7 Å². The van der Waals surface area contributed by atoms with Crippen molar-refractivity contribution in [3.05, 3.63) is 39.9 Å². The Hall–Kier alpha value is -2.44. The third kappa shape index (κ3) is 3.55. The molecular formula is C17H20N2O5. The first-order valence-corrected chi connectivity index (χ1v) is 8.24. The molecule has 24 heavy (non-hydrogen) atoms. The molecule has 1 aliphatic heterocycles. The van der Waals surface area contributed by atoms with Gasteiger partial charge in [-0.25, -0.2) is 0 Å². The van der Waals surface area contributed by atoms with Crippen LogP contribution in [0.2, 0.25) is 0 Å². The van der Waals surface area contributed by atoms with E-state index in [-0.39, 0.29) is 36.6 Å². The SMILES string of the molecule is O=C(OCc1ccc([N+](=O)[O-])cc1)[C@H]1CC(=O)N(C2CCCC2)C1. The van der Waals surface area contributed by atoms with Crippen LogP contribution in [0.4, 0.5) is 5.69 Å². The van der Waals surface area contributed by atoms with E-state index in [1.54, 1.807) is 12.1 Å². The van der Waals surface area contributed by atoms with Gasteiger partial charge in [-0.15, -0.1) is 0 Å². The second kappa shape index (κ2) is 6.98. The normalized spacial score (nSPS) is 21.2. The van der Waals surface area contributed by atoms with Crippen LogP contribution in [0.15, 0.2) is 24.3 Å². The van der Waals surface area contributed by atoms with Gasteiger partial charge in [-0.05, 0) is 30.5 Å². The Bertz CT molecular complexity index is 637. The van der Waals surface area contributed by atoms with Crippen molar-refractivity contribution in [2.75, 3.05) is 6.54 Å². The quantitative estimate of drug-likeness (QED) is 0.469. The standard InChI is InChI=1S/C17H20N2O5/c20-16-9-13(10-18(16)14-3-1-2-4-14)17(21)24-11-12-5-7-15(8-6-12)19(22)23/h5-8,13-14H,1-4,9-11H2/t13-/m0/s1. The molecule has 1 atom stereocenters. The first kappa shape index (κ1) is 16.4. The molecule has 0 spiro atoms. The number of nitrogens with zero attached hydrogens (tertiary/aromatic N) is 2. The van der Waals surface area contributed by atoms with Gasteiger partial charge in [0.05, 0.1) is 10.8 Å². The molecule has 1 aromatic carbocycles. The zero-order chi connectivity index (χ0) is 17.1. The molecule has 128 valence electrons. The van der Waals surface area contributed by atoms with Crippen molar-refractivity contribution < 1.29 is 19.2 Å². The molecule has 0 bridgehead atoms. The van der Waals surface area contributed by atoms with Crippen LogP contribution in [-0.2, 0) is 20.9 Å². The minimum absolute atomic E-state index is 0.00123. The minimum atomic E-state index is -0.475. The fourth-order valence-electron chi connectivity index (χ4n) is 3.44. The summed E-state index contributed by atoms with van der Waals surface area (Å²) in [5, 5.41) is 10.6. The van der Waals surface area contributed by atoms with Crippen LogP contribution in [0, 0.1) is 16.0 Å². The predicted molar refractivity (Wildman–Crippen MR) is 85.0 cm³/mol. The third-order valence-corrected chi connectivity index (χ3v) is 4.79. The van der Waals surface area contributed by atoms with Crippen molar-refractivity contribution in [3.63, 3.8) is 0 Å². The van der Waals surface area contributed by atoms with Gasteiger partial charge in [0, 0.05) is 31.1 Å². The molecule has 0 N–H and O–H groups in total. The molecule has 1 saturated carbocycles.